The van der Waals surface area contributed by atoms with Gasteiger partial charge in [-0.25, -0.2) is 19.6 Å². The molecule has 0 radical (unpaired) electrons. The summed E-state index contributed by atoms with van der Waals surface area (Å²) in [6.45, 7) is 11.6. The normalized spacial score (nSPS) is 11.4. The first-order valence-electron chi connectivity index (χ1n) is 12.9. The number of nitrogens with two attached hydrogens (primary N) is 2. The van der Waals surface area contributed by atoms with Gasteiger partial charge < -0.3 is 26.3 Å². The molecule has 4 rings (SSSR count). The van der Waals surface area contributed by atoms with Gasteiger partial charge in [0.15, 0.2) is 0 Å². The van der Waals surface area contributed by atoms with E-state index >= 15 is 0 Å². The zero-order chi connectivity index (χ0) is 29.5. The molecule has 10 nitrogen and oxygen atoms in total. The minimum atomic E-state index is -0.600. The number of rotatable bonds is 4. The summed E-state index contributed by atoms with van der Waals surface area (Å²) in [6.07, 6.45) is 2.27. The quantitative estimate of drug-likeness (QED) is 0.247. The molecule has 0 aliphatic rings. The maximum atomic E-state index is 12.1. The van der Waals surface area contributed by atoms with Gasteiger partial charge in [0.1, 0.15) is 22.8 Å². The van der Waals surface area contributed by atoms with Crippen molar-refractivity contribution in [1.29, 1.82) is 0 Å². The summed E-state index contributed by atoms with van der Waals surface area (Å²) >= 11 is 0. The molecular formula is C30H38N6O4. The average molecular weight is 547 g/mol. The molecule has 6 N–H and O–H groups in total. The van der Waals surface area contributed by atoms with Crippen LogP contribution in [-0.4, -0.2) is 33.4 Å². The molecule has 0 spiro atoms. The highest BCUT2D eigenvalue weighted by atomic mass is 16.6. The maximum Gasteiger partial charge on any atom is 0.413 e. The summed E-state index contributed by atoms with van der Waals surface area (Å²) in [5, 5.41) is 9.15. The summed E-state index contributed by atoms with van der Waals surface area (Å²) in [5.74, 6) is 0.966. The molecule has 2 aromatic carbocycles. The SMILES string of the molecule is CC(C)(C)OC(=O)NCc1ccc2ccnc(NC(=O)OC(C)(C)C)c2c1.NCc1ccc2ccnc(N)c2c1. The van der Waals surface area contributed by atoms with Gasteiger partial charge in [0.05, 0.1) is 0 Å². The molecule has 0 unspecified atom stereocenters. The smallest absolute Gasteiger partial charge is 0.413 e. The Hall–Kier alpha value is -4.44. The number of fused-ring (bicyclic) bond motifs is 2. The second kappa shape index (κ2) is 12.6. The average Bonchev–Trinajstić information content (AvgIpc) is 2.86. The molecule has 10 heteroatoms. The van der Waals surface area contributed by atoms with Crippen LogP contribution >= 0.6 is 0 Å². The van der Waals surface area contributed by atoms with Crippen LogP contribution in [0.25, 0.3) is 21.5 Å². The number of carbonyl (C=O) groups excluding carboxylic acids is 2. The lowest BCUT2D eigenvalue weighted by Crippen LogP contribution is -2.32. The molecule has 2 amide bonds. The zero-order valence-corrected chi connectivity index (χ0v) is 23.9. The third-order valence-corrected chi connectivity index (χ3v) is 5.38. The monoisotopic (exact) mass is 546 g/mol. The predicted molar refractivity (Wildman–Crippen MR) is 159 cm³/mol. The topological polar surface area (TPSA) is 154 Å². The molecule has 4 aromatic rings. The molecular weight excluding hydrogens is 508 g/mol. The molecule has 0 aliphatic heterocycles. The number of aromatic nitrogens is 2. The van der Waals surface area contributed by atoms with E-state index in [2.05, 4.69) is 20.6 Å². The van der Waals surface area contributed by atoms with E-state index in [1.165, 1.54) is 0 Å². The highest BCUT2D eigenvalue weighted by molar-refractivity contribution is 5.98. The number of nitrogen functional groups attached to an aromatic ring is 1. The van der Waals surface area contributed by atoms with Crippen molar-refractivity contribution in [2.24, 2.45) is 5.73 Å². The third-order valence-electron chi connectivity index (χ3n) is 5.38. The molecule has 0 aliphatic carbocycles. The van der Waals surface area contributed by atoms with Crippen LogP contribution in [0.3, 0.4) is 0 Å². The Balaban J connectivity index is 0.000000281. The molecule has 2 heterocycles. The standard InChI is InChI=1S/C20H27N3O4.C10H11N3/c1-19(2,3)26-17(24)22-12-13-7-8-14-9-10-21-16(15(14)11-13)23-18(25)27-20(4,5)6;11-6-7-1-2-8-3-4-13-10(12)9(8)5-7/h7-11H,12H2,1-6H3,(H,22,24)(H,21,23,25);1-5H,6,11H2,(H2,12,13). The van der Waals surface area contributed by atoms with Crippen molar-refractivity contribution < 1.29 is 19.1 Å². The number of amides is 2. The van der Waals surface area contributed by atoms with Gasteiger partial charge in [-0.15, -0.1) is 0 Å². The Kier molecular flexibility index (Phi) is 9.49. The Labute approximate surface area is 234 Å². The second-order valence-corrected chi connectivity index (χ2v) is 11.2. The van der Waals surface area contributed by atoms with Crippen molar-refractivity contribution in [3.63, 3.8) is 0 Å². The summed E-state index contributed by atoms with van der Waals surface area (Å²) in [7, 11) is 0. The molecule has 212 valence electrons. The second-order valence-electron chi connectivity index (χ2n) is 11.2. The first-order chi connectivity index (χ1) is 18.7. The van der Waals surface area contributed by atoms with Crippen molar-refractivity contribution in [2.45, 2.75) is 65.8 Å². The summed E-state index contributed by atoms with van der Waals surface area (Å²) in [5.41, 5.74) is 12.0. The van der Waals surface area contributed by atoms with Crippen molar-refractivity contribution in [2.75, 3.05) is 11.1 Å². The zero-order valence-electron chi connectivity index (χ0n) is 23.9. The number of ether oxygens (including phenoxy) is 2. The van der Waals surface area contributed by atoms with Gasteiger partial charge in [0.2, 0.25) is 0 Å². The van der Waals surface area contributed by atoms with E-state index in [-0.39, 0.29) is 0 Å². The number of hydrogen-bond donors (Lipinski definition) is 4. The molecule has 0 fully saturated rings. The molecule has 0 saturated heterocycles. The number of carbonyl (C=O) groups is 2. The highest BCUT2D eigenvalue weighted by Gasteiger charge is 2.18. The number of nitrogens with one attached hydrogen (secondary N) is 2. The van der Waals surface area contributed by atoms with Crippen LogP contribution in [0.5, 0.6) is 0 Å². The number of alkyl carbamates (subject to hydrolysis) is 1. The van der Waals surface area contributed by atoms with Crippen LogP contribution in [0.2, 0.25) is 0 Å². The van der Waals surface area contributed by atoms with Crippen LogP contribution in [0.15, 0.2) is 60.9 Å². The lowest BCUT2D eigenvalue weighted by atomic mass is 10.1. The van der Waals surface area contributed by atoms with E-state index < -0.39 is 23.4 Å². The van der Waals surface area contributed by atoms with E-state index in [9.17, 15) is 9.59 Å². The van der Waals surface area contributed by atoms with Crippen LogP contribution < -0.4 is 22.1 Å². The van der Waals surface area contributed by atoms with E-state index in [4.69, 9.17) is 20.9 Å². The van der Waals surface area contributed by atoms with Crippen LogP contribution in [0, 0.1) is 0 Å². The maximum absolute atomic E-state index is 12.1. The Morgan fingerprint density at radius 3 is 1.95 bits per heavy atom. The lowest BCUT2D eigenvalue weighted by molar-refractivity contribution is 0.0522. The highest BCUT2D eigenvalue weighted by Crippen LogP contribution is 2.23. The van der Waals surface area contributed by atoms with E-state index in [1.807, 2.05) is 69.3 Å². The number of benzene rings is 2. The molecule has 2 aromatic heterocycles. The van der Waals surface area contributed by atoms with Gasteiger partial charge in [-0.05, 0) is 87.7 Å². The summed E-state index contributed by atoms with van der Waals surface area (Å²) in [6, 6.07) is 15.5. The largest absolute Gasteiger partial charge is 0.444 e. The van der Waals surface area contributed by atoms with Gasteiger partial charge in [-0.1, -0.05) is 24.3 Å². The van der Waals surface area contributed by atoms with Gasteiger partial charge in [-0.3, -0.25) is 5.32 Å². The van der Waals surface area contributed by atoms with Gasteiger partial charge in [0.25, 0.3) is 0 Å². The number of nitrogens with zero attached hydrogens (tertiary/aromatic N) is 2. The van der Waals surface area contributed by atoms with Crippen molar-refractivity contribution >= 4 is 45.4 Å². The van der Waals surface area contributed by atoms with Crippen LogP contribution in [0.4, 0.5) is 21.2 Å². The Morgan fingerprint density at radius 1 is 0.775 bits per heavy atom. The predicted octanol–water partition coefficient (Wildman–Crippen LogP) is 5.88. The first-order valence-corrected chi connectivity index (χ1v) is 12.9. The fourth-order valence-corrected chi connectivity index (χ4v) is 3.68. The minimum Gasteiger partial charge on any atom is -0.444 e. The first kappa shape index (κ1) is 30.1. The Bertz CT molecular complexity index is 1490. The third kappa shape index (κ3) is 9.09. The van der Waals surface area contributed by atoms with E-state index in [1.54, 1.807) is 33.2 Å². The van der Waals surface area contributed by atoms with Crippen molar-refractivity contribution in [1.82, 2.24) is 15.3 Å². The minimum absolute atomic E-state index is 0.297. The number of anilines is 2. The van der Waals surface area contributed by atoms with Crippen LogP contribution in [0.1, 0.15) is 52.7 Å². The van der Waals surface area contributed by atoms with E-state index in [0.29, 0.717) is 24.7 Å². The molecule has 0 saturated carbocycles. The fourth-order valence-electron chi connectivity index (χ4n) is 3.68. The molecule has 0 bridgehead atoms. The van der Waals surface area contributed by atoms with Crippen LogP contribution in [-0.2, 0) is 22.6 Å². The molecule has 0 atom stereocenters. The Morgan fingerprint density at radius 2 is 1.32 bits per heavy atom. The van der Waals surface area contributed by atoms with Crippen molar-refractivity contribution in [3.8, 4) is 0 Å². The number of hydrogen-bond acceptors (Lipinski definition) is 8. The van der Waals surface area contributed by atoms with Gasteiger partial charge >= 0.3 is 12.2 Å². The number of pyridine rings is 2. The summed E-state index contributed by atoms with van der Waals surface area (Å²) in [4.78, 5) is 32.1. The summed E-state index contributed by atoms with van der Waals surface area (Å²) < 4.78 is 10.5. The molecule has 40 heavy (non-hydrogen) atoms. The van der Waals surface area contributed by atoms with Gasteiger partial charge in [-0.2, -0.15) is 0 Å². The van der Waals surface area contributed by atoms with E-state index in [0.717, 1.165) is 32.7 Å². The lowest BCUT2D eigenvalue weighted by Gasteiger charge is -2.20. The van der Waals surface area contributed by atoms with Gasteiger partial charge in [0, 0.05) is 36.3 Å². The van der Waals surface area contributed by atoms with Crippen molar-refractivity contribution in [3.05, 3.63) is 72.1 Å². The fraction of sp³-hybridized carbons (Fsp3) is 0.333.